The first kappa shape index (κ1) is 8.76. The third-order valence-corrected chi connectivity index (χ3v) is 3.02. The smallest absolute Gasteiger partial charge is 0.0408 e. The highest BCUT2D eigenvalue weighted by atomic mass is 15.1. The van der Waals surface area contributed by atoms with E-state index in [9.17, 15) is 0 Å². The van der Waals surface area contributed by atoms with Crippen molar-refractivity contribution in [3.8, 4) is 0 Å². The predicted molar refractivity (Wildman–Crippen MR) is 56.6 cm³/mol. The summed E-state index contributed by atoms with van der Waals surface area (Å²) in [4.78, 5) is 2.43. The molecule has 0 bridgehead atoms. The van der Waals surface area contributed by atoms with Gasteiger partial charge in [0.05, 0.1) is 0 Å². The molecule has 1 heterocycles. The van der Waals surface area contributed by atoms with Crippen LogP contribution in [0.3, 0.4) is 0 Å². The number of hydrogen-bond donors (Lipinski definition) is 0. The Balaban J connectivity index is 2.29. The fourth-order valence-electron chi connectivity index (χ4n) is 2.33. The Kier molecular flexibility index (Phi) is 2.36. The molecular formula is C12H17N. The minimum Gasteiger partial charge on any atom is -0.295 e. The van der Waals surface area contributed by atoms with Crippen LogP contribution in [0.2, 0.25) is 0 Å². The molecule has 0 aromatic heterocycles. The minimum atomic E-state index is 0.610. The maximum atomic E-state index is 2.43. The van der Waals surface area contributed by atoms with Gasteiger partial charge < -0.3 is 0 Å². The summed E-state index contributed by atoms with van der Waals surface area (Å²) in [6.45, 7) is 3.33. The Bertz CT molecular complexity index is 273. The van der Waals surface area contributed by atoms with Crippen molar-refractivity contribution in [2.75, 3.05) is 13.6 Å². The molecule has 0 spiro atoms. The first-order chi connectivity index (χ1) is 6.33. The van der Waals surface area contributed by atoms with Gasteiger partial charge in [-0.2, -0.15) is 0 Å². The number of rotatable bonds is 1. The molecule has 0 saturated carbocycles. The van der Waals surface area contributed by atoms with Gasteiger partial charge in [0.25, 0.3) is 0 Å². The van der Waals surface area contributed by atoms with E-state index in [4.69, 9.17) is 0 Å². The molecule has 0 amide bonds. The lowest BCUT2D eigenvalue weighted by Crippen LogP contribution is -2.41. The zero-order chi connectivity index (χ0) is 9.26. The van der Waals surface area contributed by atoms with Crippen LogP contribution in [0.4, 0.5) is 0 Å². The van der Waals surface area contributed by atoms with Crippen molar-refractivity contribution in [1.29, 1.82) is 0 Å². The quantitative estimate of drug-likeness (QED) is 0.553. The third-order valence-electron chi connectivity index (χ3n) is 3.02. The van der Waals surface area contributed by atoms with Crippen molar-refractivity contribution in [2.24, 2.45) is 5.92 Å². The standard InChI is InChI=1S/C12H17N/c1-3-10-6-4-7-11-8-5-9-13(2)12(10)11/h4-8,11-12H,3,9H2,1-2H3. The molecule has 2 rings (SSSR count). The molecule has 0 N–H and O–H groups in total. The number of hydrogen-bond acceptors (Lipinski definition) is 1. The Morgan fingerprint density at radius 3 is 3.08 bits per heavy atom. The van der Waals surface area contributed by atoms with Gasteiger partial charge in [-0.3, -0.25) is 4.90 Å². The Morgan fingerprint density at radius 1 is 1.46 bits per heavy atom. The molecule has 0 aromatic rings. The van der Waals surface area contributed by atoms with Crippen LogP contribution in [0.15, 0.2) is 36.0 Å². The molecule has 0 aromatic carbocycles. The van der Waals surface area contributed by atoms with Crippen molar-refractivity contribution < 1.29 is 0 Å². The average Bonchev–Trinajstić information content (AvgIpc) is 2.17. The number of allylic oxidation sites excluding steroid dienone is 2. The van der Waals surface area contributed by atoms with Gasteiger partial charge in [-0.25, -0.2) is 0 Å². The van der Waals surface area contributed by atoms with Crippen LogP contribution >= 0.6 is 0 Å². The second-order valence-corrected chi connectivity index (χ2v) is 3.87. The van der Waals surface area contributed by atoms with Crippen LogP contribution in [0, 0.1) is 5.92 Å². The largest absolute Gasteiger partial charge is 0.295 e. The molecule has 13 heavy (non-hydrogen) atoms. The van der Waals surface area contributed by atoms with Crippen LogP contribution in [0.25, 0.3) is 0 Å². The van der Waals surface area contributed by atoms with Gasteiger partial charge in [0.2, 0.25) is 0 Å². The van der Waals surface area contributed by atoms with Crippen LogP contribution in [-0.2, 0) is 0 Å². The number of nitrogens with zero attached hydrogens (tertiary/aromatic N) is 1. The monoisotopic (exact) mass is 175 g/mol. The molecule has 2 aliphatic rings. The molecule has 1 aliphatic heterocycles. The second-order valence-electron chi connectivity index (χ2n) is 3.87. The summed E-state index contributed by atoms with van der Waals surface area (Å²) >= 11 is 0. The first-order valence-electron chi connectivity index (χ1n) is 5.07. The van der Waals surface area contributed by atoms with Crippen LogP contribution in [0.5, 0.6) is 0 Å². The molecule has 2 atom stereocenters. The molecule has 2 unspecified atom stereocenters. The normalized spacial score (nSPS) is 32.9. The van der Waals surface area contributed by atoms with Crippen molar-refractivity contribution in [3.63, 3.8) is 0 Å². The van der Waals surface area contributed by atoms with Gasteiger partial charge in [-0.05, 0) is 13.5 Å². The van der Waals surface area contributed by atoms with E-state index in [1.54, 1.807) is 5.57 Å². The highest BCUT2D eigenvalue weighted by molar-refractivity contribution is 5.30. The van der Waals surface area contributed by atoms with Gasteiger partial charge in [0, 0.05) is 18.5 Å². The second kappa shape index (κ2) is 3.51. The fraction of sp³-hybridized carbons (Fsp3) is 0.500. The average molecular weight is 175 g/mol. The summed E-state index contributed by atoms with van der Waals surface area (Å²) in [5, 5.41) is 0. The van der Waals surface area contributed by atoms with E-state index in [0.29, 0.717) is 12.0 Å². The molecule has 1 heteroatoms. The first-order valence-corrected chi connectivity index (χ1v) is 5.07. The van der Waals surface area contributed by atoms with Crippen LogP contribution in [-0.4, -0.2) is 24.5 Å². The van der Waals surface area contributed by atoms with Gasteiger partial charge in [0.1, 0.15) is 0 Å². The molecular weight excluding hydrogens is 158 g/mol. The lowest BCUT2D eigenvalue weighted by atomic mass is 9.84. The highest BCUT2D eigenvalue weighted by Gasteiger charge is 2.27. The fourth-order valence-corrected chi connectivity index (χ4v) is 2.33. The van der Waals surface area contributed by atoms with Gasteiger partial charge >= 0.3 is 0 Å². The predicted octanol–water partition coefficient (Wildman–Crippen LogP) is 2.38. The maximum absolute atomic E-state index is 2.43. The summed E-state index contributed by atoms with van der Waals surface area (Å²) in [7, 11) is 2.21. The Labute approximate surface area is 80.4 Å². The molecule has 1 nitrogen and oxygen atoms in total. The van der Waals surface area contributed by atoms with Crippen molar-refractivity contribution >= 4 is 0 Å². The summed E-state index contributed by atoms with van der Waals surface area (Å²) in [6, 6.07) is 0.625. The van der Waals surface area contributed by atoms with E-state index in [0.717, 1.165) is 6.54 Å². The highest BCUT2D eigenvalue weighted by Crippen LogP contribution is 2.29. The zero-order valence-electron chi connectivity index (χ0n) is 8.40. The Morgan fingerprint density at radius 2 is 2.31 bits per heavy atom. The molecule has 0 radical (unpaired) electrons. The van der Waals surface area contributed by atoms with Gasteiger partial charge in [-0.1, -0.05) is 42.9 Å². The summed E-state index contributed by atoms with van der Waals surface area (Å²) in [5.41, 5.74) is 1.57. The van der Waals surface area contributed by atoms with Crippen molar-refractivity contribution in [2.45, 2.75) is 19.4 Å². The maximum Gasteiger partial charge on any atom is 0.0408 e. The lowest BCUT2D eigenvalue weighted by molar-refractivity contribution is 0.251. The SMILES string of the molecule is CCC1=CC=CC2C=CCN(C)C12. The van der Waals surface area contributed by atoms with Crippen LogP contribution < -0.4 is 0 Å². The number of likely N-dealkylation sites (N-methyl/N-ethyl adjacent to an activating group) is 1. The zero-order valence-corrected chi connectivity index (χ0v) is 8.40. The van der Waals surface area contributed by atoms with E-state index in [1.165, 1.54) is 6.42 Å². The lowest BCUT2D eigenvalue weighted by Gasteiger charge is -2.37. The van der Waals surface area contributed by atoms with Crippen LogP contribution in [0.1, 0.15) is 13.3 Å². The van der Waals surface area contributed by atoms with E-state index in [1.807, 2.05) is 0 Å². The van der Waals surface area contributed by atoms with Crippen molar-refractivity contribution in [3.05, 3.63) is 36.0 Å². The van der Waals surface area contributed by atoms with E-state index in [2.05, 4.69) is 49.3 Å². The summed E-state index contributed by atoms with van der Waals surface area (Å²) in [6.07, 6.45) is 12.5. The van der Waals surface area contributed by atoms with Gasteiger partial charge in [-0.15, -0.1) is 0 Å². The molecule has 70 valence electrons. The third kappa shape index (κ3) is 1.49. The summed E-state index contributed by atoms with van der Waals surface area (Å²) in [5.74, 6) is 0.610. The number of fused-ring (bicyclic) bond motifs is 1. The van der Waals surface area contributed by atoms with Crippen molar-refractivity contribution in [1.82, 2.24) is 4.90 Å². The van der Waals surface area contributed by atoms with Gasteiger partial charge in [0.15, 0.2) is 0 Å². The van der Waals surface area contributed by atoms with E-state index >= 15 is 0 Å². The molecule has 0 saturated heterocycles. The Hall–Kier alpha value is -0.820. The van der Waals surface area contributed by atoms with E-state index in [-0.39, 0.29) is 0 Å². The molecule has 0 fully saturated rings. The topological polar surface area (TPSA) is 3.24 Å². The van der Waals surface area contributed by atoms with E-state index < -0.39 is 0 Å². The minimum absolute atomic E-state index is 0.610. The molecule has 1 aliphatic carbocycles. The summed E-state index contributed by atoms with van der Waals surface area (Å²) < 4.78 is 0.